The van der Waals surface area contributed by atoms with Gasteiger partial charge in [-0.25, -0.2) is 4.98 Å². The summed E-state index contributed by atoms with van der Waals surface area (Å²) in [5.74, 6) is 0.811. The van der Waals surface area contributed by atoms with E-state index in [1.807, 2.05) is 6.92 Å². The molecule has 1 aromatic heterocycles. The van der Waals surface area contributed by atoms with Gasteiger partial charge in [-0.1, -0.05) is 6.92 Å². The van der Waals surface area contributed by atoms with Crippen molar-refractivity contribution in [3.63, 3.8) is 0 Å². The molecule has 2 rings (SSSR count). The highest BCUT2D eigenvalue weighted by molar-refractivity contribution is 5.54. The van der Waals surface area contributed by atoms with Crippen molar-refractivity contribution in [2.45, 2.75) is 25.4 Å². The molecule has 1 aliphatic rings. The number of ether oxygens (including phenoxy) is 1. The van der Waals surface area contributed by atoms with E-state index in [2.05, 4.69) is 15.6 Å². The first-order chi connectivity index (χ1) is 10.0. The fourth-order valence-corrected chi connectivity index (χ4v) is 2.05. The third kappa shape index (κ3) is 4.27. The van der Waals surface area contributed by atoms with E-state index in [1.54, 1.807) is 0 Å². The van der Waals surface area contributed by atoms with Crippen LogP contribution >= 0.6 is 0 Å². The highest BCUT2D eigenvalue weighted by atomic mass is 16.6. The second-order valence-corrected chi connectivity index (χ2v) is 5.16. The lowest BCUT2D eigenvalue weighted by Crippen LogP contribution is -2.37. The molecule has 0 aromatic carbocycles. The molecule has 8 heteroatoms. The van der Waals surface area contributed by atoms with Gasteiger partial charge < -0.3 is 20.5 Å². The van der Waals surface area contributed by atoms with Crippen LogP contribution in [0.2, 0.25) is 0 Å². The SMILES string of the molecule is CCCNc1cc([N+](=O)[O-])cc(NCC2(O)CCOC2)n1. The van der Waals surface area contributed by atoms with E-state index in [9.17, 15) is 15.2 Å². The molecule has 0 aliphatic carbocycles. The largest absolute Gasteiger partial charge is 0.386 e. The Balaban J connectivity index is 2.09. The number of rotatable bonds is 7. The first-order valence-electron chi connectivity index (χ1n) is 6.97. The van der Waals surface area contributed by atoms with Gasteiger partial charge in [0.2, 0.25) is 0 Å². The smallest absolute Gasteiger partial charge is 0.276 e. The number of aliphatic hydroxyl groups is 1. The molecule has 1 fully saturated rings. The van der Waals surface area contributed by atoms with Crippen molar-refractivity contribution in [3.05, 3.63) is 22.2 Å². The second-order valence-electron chi connectivity index (χ2n) is 5.16. The summed E-state index contributed by atoms with van der Waals surface area (Å²) in [7, 11) is 0. The number of anilines is 2. The van der Waals surface area contributed by atoms with Gasteiger partial charge >= 0.3 is 0 Å². The van der Waals surface area contributed by atoms with Gasteiger partial charge in [0.05, 0.1) is 23.7 Å². The fourth-order valence-electron chi connectivity index (χ4n) is 2.05. The maximum absolute atomic E-state index is 11.0. The van der Waals surface area contributed by atoms with Crippen molar-refractivity contribution in [1.29, 1.82) is 0 Å². The molecule has 21 heavy (non-hydrogen) atoms. The van der Waals surface area contributed by atoms with E-state index in [1.165, 1.54) is 12.1 Å². The van der Waals surface area contributed by atoms with Crippen LogP contribution in [0, 0.1) is 10.1 Å². The summed E-state index contributed by atoms with van der Waals surface area (Å²) in [6, 6.07) is 2.75. The number of pyridine rings is 1. The average molecular weight is 296 g/mol. The van der Waals surface area contributed by atoms with E-state index >= 15 is 0 Å². The standard InChI is InChI=1S/C13H20N4O4/c1-2-4-14-11-6-10(17(19)20)7-12(16-11)15-8-13(18)3-5-21-9-13/h6-7,18H,2-5,8-9H2,1H3,(H2,14,15,16). The Hall–Kier alpha value is -1.93. The Morgan fingerprint density at radius 1 is 1.48 bits per heavy atom. The minimum Gasteiger partial charge on any atom is -0.386 e. The topological polar surface area (TPSA) is 110 Å². The molecule has 1 aliphatic heterocycles. The van der Waals surface area contributed by atoms with Crippen molar-refractivity contribution < 1.29 is 14.8 Å². The number of hydrogen-bond donors (Lipinski definition) is 3. The third-order valence-corrected chi connectivity index (χ3v) is 3.26. The molecule has 116 valence electrons. The van der Waals surface area contributed by atoms with E-state index < -0.39 is 10.5 Å². The van der Waals surface area contributed by atoms with Gasteiger partial charge in [-0.3, -0.25) is 10.1 Å². The number of nitrogens with zero attached hydrogens (tertiary/aromatic N) is 2. The van der Waals surface area contributed by atoms with E-state index in [4.69, 9.17) is 4.74 Å². The molecule has 0 bridgehead atoms. The van der Waals surface area contributed by atoms with Crippen LogP contribution in [-0.2, 0) is 4.74 Å². The number of aromatic nitrogens is 1. The summed E-state index contributed by atoms with van der Waals surface area (Å²) in [6.07, 6.45) is 1.43. The van der Waals surface area contributed by atoms with Crippen LogP contribution in [0.5, 0.6) is 0 Å². The predicted molar refractivity (Wildman–Crippen MR) is 78.5 cm³/mol. The molecule has 3 N–H and O–H groups in total. The van der Waals surface area contributed by atoms with E-state index in [0.29, 0.717) is 31.2 Å². The van der Waals surface area contributed by atoms with Gasteiger partial charge in [0.25, 0.3) is 5.69 Å². The molecule has 1 unspecified atom stereocenters. The quantitative estimate of drug-likeness (QED) is 0.515. The first kappa shape index (κ1) is 15.5. The maximum Gasteiger partial charge on any atom is 0.276 e. The lowest BCUT2D eigenvalue weighted by atomic mass is 10.0. The fraction of sp³-hybridized carbons (Fsp3) is 0.615. The van der Waals surface area contributed by atoms with Gasteiger partial charge in [0, 0.05) is 26.1 Å². The van der Waals surface area contributed by atoms with Crippen LogP contribution in [0.15, 0.2) is 12.1 Å². The second kappa shape index (κ2) is 6.68. The van der Waals surface area contributed by atoms with Crippen LogP contribution in [0.3, 0.4) is 0 Å². The van der Waals surface area contributed by atoms with Crippen LogP contribution in [-0.4, -0.2) is 46.9 Å². The molecule has 2 heterocycles. The summed E-state index contributed by atoms with van der Waals surface area (Å²) >= 11 is 0. The van der Waals surface area contributed by atoms with Gasteiger partial charge in [-0.15, -0.1) is 0 Å². The van der Waals surface area contributed by atoms with Crippen molar-refractivity contribution in [2.24, 2.45) is 0 Å². The van der Waals surface area contributed by atoms with Crippen molar-refractivity contribution in [2.75, 3.05) is 36.9 Å². The lowest BCUT2D eigenvalue weighted by Gasteiger charge is -2.21. The number of hydrogen-bond acceptors (Lipinski definition) is 7. The molecular formula is C13H20N4O4. The molecule has 1 saturated heterocycles. The zero-order chi connectivity index (χ0) is 15.3. The molecule has 8 nitrogen and oxygen atoms in total. The van der Waals surface area contributed by atoms with Gasteiger partial charge in [-0.05, 0) is 6.42 Å². The van der Waals surface area contributed by atoms with Crippen LogP contribution < -0.4 is 10.6 Å². The van der Waals surface area contributed by atoms with Gasteiger partial charge in [0.1, 0.15) is 17.2 Å². The number of nitrogens with one attached hydrogen (secondary N) is 2. The molecule has 1 aromatic rings. The highest BCUT2D eigenvalue weighted by Crippen LogP contribution is 2.23. The van der Waals surface area contributed by atoms with Crippen molar-refractivity contribution in [1.82, 2.24) is 4.98 Å². The summed E-state index contributed by atoms with van der Waals surface area (Å²) in [6.45, 7) is 3.71. The number of nitro groups is 1. The molecule has 0 spiro atoms. The Kier molecular flexibility index (Phi) is 4.92. The van der Waals surface area contributed by atoms with Gasteiger partial charge in [-0.2, -0.15) is 0 Å². The Morgan fingerprint density at radius 2 is 2.19 bits per heavy atom. The van der Waals surface area contributed by atoms with Crippen LogP contribution in [0.25, 0.3) is 0 Å². The van der Waals surface area contributed by atoms with Crippen molar-refractivity contribution in [3.8, 4) is 0 Å². The third-order valence-electron chi connectivity index (χ3n) is 3.26. The molecular weight excluding hydrogens is 276 g/mol. The summed E-state index contributed by atoms with van der Waals surface area (Å²) in [4.78, 5) is 14.8. The molecule has 0 saturated carbocycles. The van der Waals surface area contributed by atoms with Crippen LogP contribution in [0.4, 0.5) is 17.3 Å². The zero-order valence-corrected chi connectivity index (χ0v) is 12.0. The Bertz CT molecular complexity index is 503. The van der Waals surface area contributed by atoms with Gasteiger partial charge in [0.15, 0.2) is 0 Å². The normalized spacial score (nSPS) is 21.2. The summed E-state index contributed by atoms with van der Waals surface area (Å²) < 4.78 is 5.16. The molecule has 0 amide bonds. The highest BCUT2D eigenvalue weighted by Gasteiger charge is 2.32. The van der Waals surface area contributed by atoms with E-state index in [-0.39, 0.29) is 18.8 Å². The predicted octanol–water partition coefficient (Wildman–Crippen LogP) is 1.37. The zero-order valence-electron chi connectivity index (χ0n) is 12.0. The Morgan fingerprint density at radius 3 is 2.76 bits per heavy atom. The molecule has 0 radical (unpaired) electrons. The minimum atomic E-state index is -0.941. The molecule has 1 atom stereocenters. The minimum absolute atomic E-state index is 0.0410. The maximum atomic E-state index is 11.0. The average Bonchev–Trinajstić information content (AvgIpc) is 2.90. The van der Waals surface area contributed by atoms with E-state index in [0.717, 1.165) is 6.42 Å². The Labute approximate surface area is 122 Å². The lowest BCUT2D eigenvalue weighted by molar-refractivity contribution is -0.384. The monoisotopic (exact) mass is 296 g/mol. The first-order valence-corrected chi connectivity index (χ1v) is 6.97. The summed E-state index contributed by atoms with van der Waals surface area (Å²) in [5, 5.41) is 27.1. The summed E-state index contributed by atoms with van der Waals surface area (Å²) in [5.41, 5.74) is -0.982. The van der Waals surface area contributed by atoms with Crippen molar-refractivity contribution >= 4 is 17.3 Å². The van der Waals surface area contributed by atoms with Crippen LogP contribution in [0.1, 0.15) is 19.8 Å².